The van der Waals surface area contributed by atoms with E-state index in [9.17, 15) is 9.59 Å². The fraction of sp³-hybridized carbons (Fsp3) is 0.231. The summed E-state index contributed by atoms with van der Waals surface area (Å²) in [6.07, 6.45) is 8.20. The molecular formula is C39H39N5O2. The molecule has 0 saturated carbocycles. The molecule has 7 heteroatoms. The SMILES string of the molecule is Cc1nn(C)c(C)c1C=CC(=O)N(Cc1ccc(-c2ccncc2)cc1)[C@@H](Cc1ccccc1)C(=O)N1CCc2ccccc2C1. The van der Waals surface area contributed by atoms with E-state index in [1.54, 1.807) is 23.4 Å². The van der Waals surface area contributed by atoms with Crippen LogP contribution in [0.1, 0.15) is 39.2 Å². The predicted molar refractivity (Wildman–Crippen MR) is 181 cm³/mol. The van der Waals surface area contributed by atoms with Crippen LogP contribution in [0.5, 0.6) is 0 Å². The van der Waals surface area contributed by atoms with Gasteiger partial charge in [-0.15, -0.1) is 0 Å². The number of pyridine rings is 1. The number of nitrogens with zero attached hydrogens (tertiary/aromatic N) is 5. The lowest BCUT2D eigenvalue weighted by molar-refractivity contribution is -0.144. The molecule has 5 aromatic rings. The van der Waals surface area contributed by atoms with E-state index >= 15 is 0 Å². The topological polar surface area (TPSA) is 71.3 Å². The van der Waals surface area contributed by atoms with Crippen LogP contribution in [-0.4, -0.2) is 49.0 Å². The third-order valence-corrected chi connectivity index (χ3v) is 8.94. The summed E-state index contributed by atoms with van der Waals surface area (Å²) in [6, 6.07) is 29.7. The van der Waals surface area contributed by atoms with Crippen molar-refractivity contribution < 1.29 is 9.59 Å². The maximum absolute atomic E-state index is 14.6. The van der Waals surface area contributed by atoms with Crippen LogP contribution in [0.4, 0.5) is 0 Å². The van der Waals surface area contributed by atoms with Gasteiger partial charge in [-0.05, 0) is 71.9 Å². The van der Waals surface area contributed by atoms with Crippen molar-refractivity contribution in [1.82, 2.24) is 24.6 Å². The Morgan fingerprint density at radius 2 is 1.52 bits per heavy atom. The molecule has 1 atom stereocenters. The van der Waals surface area contributed by atoms with Crippen molar-refractivity contribution in [2.75, 3.05) is 6.54 Å². The second-order valence-electron chi connectivity index (χ2n) is 11.9. The standard InChI is InChI=1S/C39H39N5O2/c1-28-36(29(2)42(3)41-28)17-18-38(45)44(26-31-13-15-33(16-14-31)34-19-22-40-23-20-34)37(25-30-9-5-4-6-10-30)39(46)43-24-21-32-11-7-8-12-35(32)27-43/h4-20,22-23,37H,21,24-27H2,1-3H3/t37-/m0/s1. The molecule has 3 heterocycles. The normalized spacial score (nSPS) is 13.4. The molecule has 6 rings (SSSR count). The van der Waals surface area contributed by atoms with E-state index in [0.29, 0.717) is 26.1 Å². The van der Waals surface area contributed by atoms with Crippen molar-refractivity contribution in [3.05, 3.63) is 149 Å². The number of hydrogen-bond acceptors (Lipinski definition) is 4. The molecule has 7 nitrogen and oxygen atoms in total. The number of benzene rings is 3. The Kier molecular flexibility index (Phi) is 9.20. The van der Waals surface area contributed by atoms with Crippen LogP contribution in [0.3, 0.4) is 0 Å². The molecule has 0 bridgehead atoms. The molecule has 1 aliphatic heterocycles. The largest absolute Gasteiger partial charge is 0.336 e. The highest BCUT2D eigenvalue weighted by molar-refractivity contribution is 5.96. The maximum Gasteiger partial charge on any atom is 0.247 e. The molecule has 0 N–H and O–H groups in total. The molecule has 0 radical (unpaired) electrons. The zero-order valence-corrected chi connectivity index (χ0v) is 26.6. The number of aryl methyl sites for hydroxylation is 2. The highest BCUT2D eigenvalue weighted by Crippen LogP contribution is 2.25. The van der Waals surface area contributed by atoms with Gasteiger partial charge in [0.25, 0.3) is 0 Å². The highest BCUT2D eigenvalue weighted by atomic mass is 16.2. The van der Waals surface area contributed by atoms with Gasteiger partial charge in [0.05, 0.1) is 5.69 Å². The van der Waals surface area contributed by atoms with Crippen LogP contribution >= 0.6 is 0 Å². The fourth-order valence-corrected chi connectivity index (χ4v) is 6.23. The summed E-state index contributed by atoms with van der Waals surface area (Å²) >= 11 is 0. The van der Waals surface area contributed by atoms with Gasteiger partial charge in [-0.25, -0.2) is 0 Å². The monoisotopic (exact) mass is 609 g/mol. The summed E-state index contributed by atoms with van der Waals surface area (Å²) in [5.74, 6) is -0.255. The van der Waals surface area contributed by atoms with Gasteiger partial charge in [-0.2, -0.15) is 5.10 Å². The molecule has 0 spiro atoms. The molecule has 0 saturated heterocycles. The predicted octanol–water partition coefficient (Wildman–Crippen LogP) is 6.34. The number of amides is 2. The van der Waals surface area contributed by atoms with Gasteiger partial charge < -0.3 is 9.80 Å². The first-order chi connectivity index (χ1) is 22.4. The Hall–Kier alpha value is -5.30. The summed E-state index contributed by atoms with van der Waals surface area (Å²) in [5.41, 5.74) is 9.27. The summed E-state index contributed by atoms with van der Waals surface area (Å²) < 4.78 is 1.82. The van der Waals surface area contributed by atoms with Crippen LogP contribution < -0.4 is 0 Å². The lowest BCUT2D eigenvalue weighted by Crippen LogP contribution is -2.52. The van der Waals surface area contributed by atoms with E-state index in [1.807, 2.05) is 103 Å². The van der Waals surface area contributed by atoms with Crippen LogP contribution in [-0.2, 0) is 42.6 Å². The minimum Gasteiger partial charge on any atom is -0.336 e. The Morgan fingerprint density at radius 1 is 0.848 bits per heavy atom. The van der Waals surface area contributed by atoms with Crippen molar-refractivity contribution in [3.63, 3.8) is 0 Å². The van der Waals surface area contributed by atoms with Gasteiger partial charge in [0.2, 0.25) is 11.8 Å². The number of hydrogen-bond donors (Lipinski definition) is 0. The summed E-state index contributed by atoms with van der Waals surface area (Å²) in [4.78, 5) is 36.6. The Labute approximate surface area is 270 Å². The van der Waals surface area contributed by atoms with Crippen LogP contribution in [0.15, 0.2) is 109 Å². The maximum atomic E-state index is 14.6. The molecule has 46 heavy (non-hydrogen) atoms. The van der Waals surface area contributed by atoms with Gasteiger partial charge in [-0.1, -0.05) is 78.9 Å². The third-order valence-electron chi connectivity index (χ3n) is 8.94. The minimum absolute atomic E-state index is 0.0396. The average Bonchev–Trinajstić information content (AvgIpc) is 3.34. The Bertz CT molecular complexity index is 1850. The lowest BCUT2D eigenvalue weighted by atomic mass is 9.97. The summed E-state index contributed by atoms with van der Waals surface area (Å²) in [5, 5.41) is 4.51. The van der Waals surface area contributed by atoms with Crippen LogP contribution in [0, 0.1) is 13.8 Å². The molecule has 0 fully saturated rings. The molecule has 0 unspecified atom stereocenters. The third kappa shape index (κ3) is 6.84. The second kappa shape index (κ2) is 13.8. The van der Waals surface area contributed by atoms with Gasteiger partial charge in [-0.3, -0.25) is 19.3 Å². The number of fused-ring (bicyclic) bond motifs is 1. The number of carbonyl (C=O) groups excluding carboxylic acids is 2. The smallest absolute Gasteiger partial charge is 0.247 e. The number of rotatable bonds is 9. The Morgan fingerprint density at radius 3 is 2.22 bits per heavy atom. The van der Waals surface area contributed by atoms with Gasteiger partial charge in [0, 0.05) is 62.8 Å². The van der Waals surface area contributed by atoms with Crippen LogP contribution in [0.2, 0.25) is 0 Å². The van der Waals surface area contributed by atoms with E-state index in [0.717, 1.165) is 51.2 Å². The second-order valence-corrected chi connectivity index (χ2v) is 11.9. The minimum atomic E-state index is -0.694. The number of aromatic nitrogens is 3. The Balaban J connectivity index is 1.36. The van der Waals surface area contributed by atoms with E-state index in [-0.39, 0.29) is 11.8 Å². The van der Waals surface area contributed by atoms with E-state index in [1.165, 1.54) is 5.56 Å². The molecule has 0 aliphatic carbocycles. The zero-order valence-electron chi connectivity index (χ0n) is 26.6. The van der Waals surface area contributed by atoms with Crippen molar-refractivity contribution in [1.29, 1.82) is 0 Å². The molecule has 2 aromatic heterocycles. The fourth-order valence-electron chi connectivity index (χ4n) is 6.23. The first-order valence-electron chi connectivity index (χ1n) is 15.7. The lowest BCUT2D eigenvalue weighted by Gasteiger charge is -2.37. The van der Waals surface area contributed by atoms with E-state index in [4.69, 9.17) is 0 Å². The van der Waals surface area contributed by atoms with Gasteiger partial charge >= 0.3 is 0 Å². The van der Waals surface area contributed by atoms with Crippen molar-refractivity contribution in [2.24, 2.45) is 7.05 Å². The van der Waals surface area contributed by atoms with E-state index in [2.05, 4.69) is 34.3 Å². The first kappa shape index (κ1) is 30.7. The summed E-state index contributed by atoms with van der Waals surface area (Å²) in [7, 11) is 1.90. The molecule has 1 aliphatic rings. The van der Waals surface area contributed by atoms with Crippen LogP contribution in [0.25, 0.3) is 17.2 Å². The van der Waals surface area contributed by atoms with Crippen molar-refractivity contribution >= 4 is 17.9 Å². The van der Waals surface area contributed by atoms with Gasteiger partial charge in [0.1, 0.15) is 6.04 Å². The van der Waals surface area contributed by atoms with E-state index < -0.39 is 6.04 Å². The molecule has 3 aromatic carbocycles. The molecule has 232 valence electrons. The molecular weight excluding hydrogens is 570 g/mol. The van der Waals surface area contributed by atoms with Crippen molar-refractivity contribution in [2.45, 2.75) is 45.8 Å². The zero-order chi connectivity index (χ0) is 32.0. The van der Waals surface area contributed by atoms with Gasteiger partial charge in [0.15, 0.2) is 0 Å². The first-order valence-corrected chi connectivity index (χ1v) is 15.7. The average molecular weight is 610 g/mol. The quantitative estimate of drug-likeness (QED) is 0.183. The summed E-state index contributed by atoms with van der Waals surface area (Å²) in [6.45, 7) is 5.37. The highest BCUT2D eigenvalue weighted by Gasteiger charge is 2.34. The van der Waals surface area contributed by atoms with Crippen molar-refractivity contribution in [3.8, 4) is 11.1 Å². The number of carbonyl (C=O) groups is 2. The molecule has 2 amide bonds.